The van der Waals surface area contributed by atoms with Gasteiger partial charge in [0.1, 0.15) is 10.8 Å². The predicted molar refractivity (Wildman–Crippen MR) is 71.3 cm³/mol. The molecule has 2 aromatic rings. The van der Waals surface area contributed by atoms with Crippen molar-refractivity contribution in [1.29, 1.82) is 0 Å². The molecule has 0 saturated heterocycles. The van der Waals surface area contributed by atoms with Crippen LogP contribution in [0, 0.1) is 12.7 Å². The highest BCUT2D eigenvalue weighted by atomic mass is 32.1. The van der Waals surface area contributed by atoms with Crippen LogP contribution in [0.4, 0.5) is 4.39 Å². The third-order valence-corrected chi connectivity index (χ3v) is 4.11. The van der Waals surface area contributed by atoms with Crippen molar-refractivity contribution in [3.05, 3.63) is 51.7 Å². The molecule has 0 bridgehead atoms. The van der Waals surface area contributed by atoms with Crippen LogP contribution in [0.1, 0.15) is 35.1 Å². The zero-order valence-electron chi connectivity index (χ0n) is 10.2. The Bertz CT molecular complexity index is 548. The topological polar surface area (TPSA) is 24.9 Å². The van der Waals surface area contributed by atoms with E-state index < -0.39 is 0 Å². The minimum Gasteiger partial charge on any atom is -0.301 e. The van der Waals surface area contributed by atoms with Gasteiger partial charge in [0, 0.05) is 22.7 Å². The van der Waals surface area contributed by atoms with Gasteiger partial charge in [-0.1, -0.05) is 18.2 Å². The van der Waals surface area contributed by atoms with Crippen molar-refractivity contribution in [2.75, 3.05) is 0 Å². The molecular formula is C14H15FN2S. The molecule has 0 spiro atoms. The molecule has 1 N–H and O–H groups in total. The summed E-state index contributed by atoms with van der Waals surface area (Å²) >= 11 is 1.59. The summed E-state index contributed by atoms with van der Waals surface area (Å²) in [5.41, 5.74) is 1.69. The van der Waals surface area contributed by atoms with E-state index in [1.165, 1.54) is 18.9 Å². The molecule has 18 heavy (non-hydrogen) atoms. The molecule has 1 aromatic carbocycles. The fourth-order valence-corrected chi connectivity index (χ4v) is 2.87. The molecule has 1 aliphatic carbocycles. The lowest BCUT2D eigenvalue weighted by atomic mass is 10.1. The standard InChI is InChI=1S/C14H15FN2S/c1-9-8-18-14(16-9)13(17-10-6-7-10)11-4-2-3-5-12(11)15/h2-5,8,10,13,17H,6-7H2,1H3. The van der Waals surface area contributed by atoms with Crippen LogP contribution in [0.15, 0.2) is 29.6 Å². The van der Waals surface area contributed by atoms with Gasteiger partial charge in [-0.3, -0.25) is 0 Å². The number of hydrogen-bond acceptors (Lipinski definition) is 3. The second-order valence-electron chi connectivity index (χ2n) is 4.72. The SMILES string of the molecule is Cc1csc(C(NC2CC2)c2ccccc2F)n1. The Balaban J connectivity index is 1.96. The third-order valence-electron chi connectivity index (χ3n) is 3.08. The van der Waals surface area contributed by atoms with Gasteiger partial charge in [0.25, 0.3) is 0 Å². The highest BCUT2D eigenvalue weighted by Crippen LogP contribution is 2.31. The normalized spacial score (nSPS) is 16.8. The third kappa shape index (κ3) is 2.44. The molecule has 3 rings (SSSR count). The van der Waals surface area contributed by atoms with Crippen LogP contribution in [0.5, 0.6) is 0 Å². The van der Waals surface area contributed by atoms with Crippen molar-refractivity contribution in [3.63, 3.8) is 0 Å². The van der Waals surface area contributed by atoms with Crippen LogP contribution in [-0.2, 0) is 0 Å². The summed E-state index contributed by atoms with van der Waals surface area (Å²) in [6.07, 6.45) is 2.35. The Morgan fingerprint density at radius 3 is 2.78 bits per heavy atom. The summed E-state index contributed by atoms with van der Waals surface area (Å²) in [4.78, 5) is 4.50. The molecular weight excluding hydrogens is 247 g/mol. The number of benzene rings is 1. The number of thiazole rings is 1. The summed E-state index contributed by atoms with van der Waals surface area (Å²) in [7, 11) is 0. The van der Waals surface area contributed by atoms with Crippen molar-refractivity contribution in [1.82, 2.24) is 10.3 Å². The van der Waals surface area contributed by atoms with Crippen LogP contribution >= 0.6 is 11.3 Å². The van der Waals surface area contributed by atoms with E-state index in [1.54, 1.807) is 17.4 Å². The summed E-state index contributed by atoms with van der Waals surface area (Å²) in [5, 5.41) is 6.45. The van der Waals surface area contributed by atoms with Gasteiger partial charge in [0.15, 0.2) is 0 Å². The molecule has 0 amide bonds. The summed E-state index contributed by atoms with van der Waals surface area (Å²) < 4.78 is 13.9. The van der Waals surface area contributed by atoms with Gasteiger partial charge in [-0.2, -0.15) is 0 Å². The summed E-state index contributed by atoms with van der Waals surface area (Å²) in [6, 6.07) is 7.35. The number of rotatable bonds is 4. The number of halogens is 1. The Kier molecular flexibility index (Phi) is 3.14. The van der Waals surface area contributed by atoms with Crippen LogP contribution in [-0.4, -0.2) is 11.0 Å². The van der Waals surface area contributed by atoms with Crippen molar-refractivity contribution < 1.29 is 4.39 Å². The lowest BCUT2D eigenvalue weighted by molar-refractivity contribution is 0.544. The highest BCUT2D eigenvalue weighted by Gasteiger charge is 2.29. The molecule has 2 nitrogen and oxygen atoms in total. The first kappa shape index (κ1) is 11.8. The quantitative estimate of drug-likeness (QED) is 0.913. The van der Waals surface area contributed by atoms with Crippen LogP contribution in [0.3, 0.4) is 0 Å². The van der Waals surface area contributed by atoms with E-state index in [4.69, 9.17) is 0 Å². The van der Waals surface area contributed by atoms with Gasteiger partial charge < -0.3 is 5.32 Å². The van der Waals surface area contributed by atoms with E-state index in [9.17, 15) is 4.39 Å². The van der Waals surface area contributed by atoms with E-state index in [2.05, 4.69) is 10.3 Å². The van der Waals surface area contributed by atoms with Crippen molar-refractivity contribution >= 4 is 11.3 Å². The molecule has 1 unspecified atom stereocenters. The summed E-state index contributed by atoms with van der Waals surface area (Å²) in [5.74, 6) is -0.163. The van der Waals surface area contributed by atoms with Gasteiger partial charge in [-0.05, 0) is 25.8 Å². The Hall–Kier alpha value is -1.26. The highest BCUT2D eigenvalue weighted by molar-refractivity contribution is 7.09. The molecule has 0 radical (unpaired) electrons. The largest absolute Gasteiger partial charge is 0.301 e. The van der Waals surface area contributed by atoms with E-state index in [0.717, 1.165) is 10.7 Å². The molecule has 1 aromatic heterocycles. The first-order chi connectivity index (χ1) is 8.74. The minimum atomic E-state index is -0.163. The van der Waals surface area contributed by atoms with E-state index >= 15 is 0 Å². The Labute approximate surface area is 110 Å². The van der Waals surface area contributed by atoms with Crippen molar-refractivity contribution in [2.45, 2.75) is 31.8 Å². The van der Waals surface area contributed by atoms with Crippen molar-refractivity contribution in [3.8, 4) is 0 Å². The second kappa shape index (κ2) is 4.78. The van der Waals surface area contributed by atoms with Crippen LogP contribution in [0.2, 0.25) is 0 Å². The Morgan fingerprint density at radius 2 is 2.17 bits per heavy atom. The van der Waals surface area contributed by atoms with Gasteiger partial charge >= 0.3 is 0 Å². The molecule has 0 aliphatic heterocycles. The van der Waals surface area contributed by atoms with E-state index in [-0.39, 0.29) is 11.9 Å². The second-order valence-corrected chi connectivity index (χ2v) is 5.61. The average molecular weight is 262 g/mol. The fourth-order valence-electron chi connectivity index (χ4n) is 1.99. The maximum absolute atomic E-state index is 13.9. The number of nitrogens with zero attached hydrogens (tertiary/aromatic N) is 1. The molecule has 94 valence electrons. The van der Waals surface area contributed by atoms with E-state index in [0.29, 0.717) is 11.6 Å². The summed E-state index contributed by atoms with van der Waals surface area (Å²) in [6.45, 7) is 1.97. The van der Waals surface area contributed by atoms with Gasteiger partial charge in [-0.15, -0.1) is 11.3 Å². The van der Waals surface area contributed by atoms with Crippen molar-refractivity contribution in [2.24, 2.45) is 0 Å². The monoisotopic (exact) mass is 262 g/mol. The molecule has 1 saturated carbocycles. The first-order valence-electron chi connectivity index (χ1n) is 6.16. The van der Waals surface area contributed by atoms with Gasteiger partial charge in [0.05, 0.1) is 6.04 Å². The zero-order valence-corrected chi connectivity index (χ0v) is 11.0. The number of aryl methyl sites for hydroxylation is 1. The van der Waals surface area contributed by atoms with Gasteiger partial charge in [-0.25, -0.2) is 9.37 Å². The first-order valence-corrected chi connectivity index (χ1v) is 7.04. The Morgan fingerprint density at radius 1 is 1.39 bits per heavy atom. The molecule has 4 heteroatoms. The lowest BCUT2D eigenvalue weighted by Gasteiger charge is -2.17. The van der Waals surface area contributed by atoms with Gasteiger partial charge in [0.2, 0.25) is 0 Å². The zero-order chi connectivity index (χ0) is 12.5. The molecule has 1 fully saturated rings. The fraction of sp³-hybridized carbons (Fsp3) is 0.357. The number of aromatic nitrogens is 1. The number of nitrogens with one attached hydrogen (secondary N) is 1. The maximum atomic E-state index is 13.9. The molecule has 1 aliphatic rings. The lowest BCUT2D eigenvalue weighted by Crippen LogP contribution is -2.25. The molecule has 1 atom stereocenters. The average Bonchev–Trinajstić information content (AvgIpc) is 3.08. The van der Waals surface area contributed by atoms with Crippen LogP contribution in [0.25, 0.3) is 0 Å². The minimum absolute atomic E-state index is 0.114. The smallest absolute Gasteiger partial charge is 0.128 e. The predicted octanol–water partition coefficient (Wildman–Crippen LogP) is 3.43. The maximum Gasteiger partial charge on any atom is 0.128 e. The molecule has 1 heterocycles. The van der Waals surface area contributed by atoms with Crippen LogP contribution < -0.4 is 5.32 Å². The van der Waals surface area contributed by atoms with E-state index in [1.807, 2.05) is 24.4 Å². The number of hydrogen-bond donors (Lipinski definition) is 1.